The van der Waals surface area contributed by atoms with Crippen LogP contribution in [-0.2, 0) is 9.53 Å². The second kappa shape index (κ2) is 3.90. The molecule has 0 amide bonds. The number of rotatable bonds is 3. The average molecular weight is 188 g/mol. The van der Waals surface area contributed by atoms with Crippen molar-refractivity contribution in [3.63, 3.8) is 0 Å². The third kappa shape index (κ3) is 4.65. The van der Waals surface area contributed by atoms with Crippen molar-refractivity contribution < 1.29 is 13.9 Å². The van der Waals surface area contributed by atoms with Gasteiger partial charge in [-0.1, -0.05) is 6.08 Å². The first-order valence-electron chi connectivity index (χ1n) is 4.22. The van der Waals surface area contributed by atoms with Gasteiger partial charge in [0.15, 0.2) is 0 Å². The number of halogens is 1. The van der Waals surface area contributed by atoms with Crippen molar-refractivity contribution in [2.45, 2.75) is 45.4 Å². The number of carbonyl (C=O) groups is 1. The van der Waals surface area contributed by atoms with Crippen LogP contribution >= 0.6 is 0 Å². The Balaban J connectivity index is 4.33. The van der Waals surface area contributed by atoms with Gasteiger partial charge < -0.3 is 4.74 Å². The average Bonchev–Trinajstić information content (AvgIpc) is 1.82. The highest BCUT2D eigenvalue weighted by Gasteiger charge is 2.35. The highest BCUT2D eigenvalue weighted by Crippen LogP contribution is 2.21. The summed E-state index contributed by atoms with van der Waals surface area (Å²) in [6, 6.07) is 0. The number of hydrogen-bond acceptors (Lipinski definition) is 2. The summed E-state index contributed by atoms with van der Waals surface area (Å²) in [6.45, 7) is 9.68. The second-order valence-corrected chi connectivity index (χ2v) is 4.19. The highest BCUT2D eigenvalue weighted by atomic mass is 19.1. The fourth-order valence-corrected chi connectivity index (χ4v) is 0.739. The molecule has 76 valence electrons. The molecule has 0 saturated heterocycles. The molecule has 0 saturated carbocycles. The molecule has 0 bridgehead atoms. The van der Waals surface area contributed by atoms with E-state index in [-0.39, 0.29) is 6.42 Å². The van der Waals surface area contributed by atoms with Crippen molar-refractivity contribution in [1.29, 1.82) is 0 Å². The first-order chi connectivity index (χ1) is 5.69. The molecule has 0 aromatic carbocycles. The molecule has 0 radical (unpaired) electrons. The van der Waals surface area contributed by atoms with Crippen LogP contribution in [0.1, 0.15) is 34.1 Å². The highest BCUT2D eigenvalue weighted by molar-refractivity contribution is 5.79. The van der Waals surface area contributed by atoms with Gasteiger partial charge in [-0.2, -0.15) is 0 Å². The zero-order chi connectivity index (χ0) is 10.7. The molecule has 0 aromatic rings. The van der Waals surface area contributed by atoms with Crippen molar-refractivity contribution in [1.82, 2.24) is 0 Å². The van der Waals surface area contributed by atoms with E-state index in [0.29, 0.717) is 0 Å². The Hall–Kier alpha value is -0.860. The molecular weight excluding hydrogens is 171 g/mol. The second-order valence-electron chi connectivity index (χ2n) is 4.19. The lowest BCUT2D eigenvalue weighted by Gasteiger charge is -2.25. The fourth-order valence-electron chi connectivity index (χ4n) is 0.739. The Morgan fingerprint density at radius 2 is 1.92 bits per heavy atom. The zero-order valence-electron chi connectivity index (χ0n) is 8.69. The van der Waals surface area contributed by atoms with Gasteiger partial charge in [-0.15, -0.1) is 6.58 Å². The lowest BCUT2D eigenvalue weighted by molar-refractivity contribution is -0.168. The monoisotopic (exact) mass is 188 g/mol. The maximum Gasteiger partial charge on any atom is 0.344 e. The number of ether oxygens (including phenoxy) is 1. The number of hydrogen-bond donors (Lipinski definition) is 0. The van der Waals surface area contributed by atoms with Crippen LogP contribution in [0.25, 0.3) is 0 Å². The molecule has 13 heavy (non-hydrogen) atoms. The molecule has 0 fully saturated rings. The lowest BCUT2D eigenvalue weighted by Crippen LogP contribution is -2.37. The molecule has 1 unspecified atom stereocenters. The van der Waals surface area contributed by atoms with E-state index in [4.69, 9.17) is 4.74 Å². The van der Waals surface area contributed by atoms with E-state index in [1.54, 1.807) is 20.8 Å². The third-order valence-electron chi connectivity index (χ3n) is 1.35. The molecule has 2 nitrogen and oxygen atoms in total. The SMILES string of the molecule is C=CCC(C)(F)C(=O)OC(C)(C)C. The molecule has 0 N–H and O–H groups in total. The van der Waals surface area contributed by atoms with Crippen LogP contribution in [0.4, 0.5) is 4.39 Å². The minimum atomic E-state index is -1.96. The van der Waals surface area contributed by atoms with Crippen LogP contribution < -0.4 is 0 Å². The van der Waals surface area contributed by atoms with Gasteiger partial charge in [0.2, 0.25) is 5.67 Å². The molecule has 0 aromatic heterocycles. The topological polar surface area (TPSA) is 26.3 Å². The van der Waals surface area contributed by atoms with Crippen LogP contribution in [0.3, 0.4) is 0 Å². The maximum absolute atomic E-state index is 13.5. The van der Waals surface area contributed by atoms with Crippen LogP contribution in [-0.4, -0.2) is 17.2 Å². The Morgan fingerprint density at radius 1 is 1.46 bits per heavy atom. The first kappa shape index (κ1) is 12.1. The van der Waals surface area contributed by atoms with Crippen molar-refractivity contribution >= 4 is 5.97 Å². The smallest absolute Gasteiger partial charge is 0.344 e. The van der Waals surface area contributed by atoms with E-state index < -0.39 is 17.2 Å². The van der Waals surface area contributed by atoms with Crippen LogP contribution in [0.2, 0.25) is 0 Å². The summed E-state index contributed by atoms with van der Waals surface area (Å²) < 4.78 is 18.4. The standard InChI is InChI=1S/C10H17FO2/c1-6-7-10(5,11)8(12)13-9(2,3)4/h6H,1,7H2,2-5H3. The quantitative estimate of drug-likeness (QED) is 0.502. The molecule has 0 aliphatic heterocycles. The van der Waals surface area contributed by atoms with Crippen molar-refractivity contribution in [3.8, 4) is 0 Å². The summed E-state index contributed by atoms with van der Waals surface area (Å²) in [7, 11) is 0. The van der Waals surface area contributed by atoms with Gasteiger partial charge in [0, 0.05) is 6.42 Å². The van der Waals surface area contributed by atoms with E-state index in [2.05, 4.69) is 6.58 Å². The first-order valence-corrected chi connectivity index (χ1v) is 4.22. The van der Waals surface area contributed by atoms with Gasteiger partial charge in [0.05, 0.1) is 0 Å². The molecule has 0 aliphatic rings. The van der Waals surface area contributed by atoms with E-state index in [9.17, 15) is 9.18 Å². The molecule has 0 heterocycles. The lowest BCUT2D eigenvalue weighted by atomic mass is 10.0. The number of allylic oxidation sites excluding steroid dienone is 1. The molecule has 0 aliphatic carbocycles. The normalized spacial score (nSPS) is 16.1. The number of alkyl halides is 1. The summed E-state index contributed by atoms with van der Waals surface area (Å²) in [4.78, 5) is 11.2. The van der Waals surface area contributed by atoms with Crippen molar-refractivity contribution in [2.24, 2.45) is 0 Å². The number of esters is 1. The van der Waals surface area contributed by atoms with Gasteiger partial charge in [0.25, 0.3) is 0 Å². The van der Waals surface area contributed by atoms with Gasteiger partial charge >= 0.3 is 5.97 Å². The Kier molecular flexibility index (Phi) is 3.64. The summed E-state index contributed by atoms with van der Waals surface area (Å²) in [6.07, 6.45) is 1.34. The maximum atomic E-state index is 13.5. The zero-order valence-corrected chi connectivity index (χ0v) is 8.69. The summed E-state index contributed by atoms with van der Waals surface area (Å²) in [5.41, 5.74) is -2.61. The Labute approximate surface area is 78.8 Å². The summed E-state index contributed by atoms with van der Waals surface area (Å²) >= 11 is 0. The van der Waals surface area contributed by atoms with Gasteiger partial charge in [-0.3, -0.25) is 0 Å². The van der Waals surface area contributed by atoms with Crippen LogP contribution in [0, 0.1) is 0 Å². The molecular formula is C10H17FO2. The largest absolute Gasteiger partial charge is 0.458 e. The number of carbonyl (C=O) groups excluding carboxylic acids is 1. The molecule has 3 heteroatoms. The van der Waals surface area contributed by atoms with Gasteiger partial charge in [-0.25, -0.2) is 9.18 Å². The predicted molar refractivity (Wildman–Crippen MR) is 50.2 cm³/mol. The van der Waals surface area contributed by atoms with E-state index >= 15 is 0 Å². The molecule has 1 atom stereocenters. The molecule has 0 spiro atoms. The van der Waals surface area contributed by atoms with E-state index in [1.807, 2.05) is 0 Å². The predicted octanol–water partition coefficient (Wildman–Crippen LogP) is 2.63. The van der Waals surface area contributed by atoms with Crippen molar-refractivity contribution in [2.75, 3.05) is 0 Å². The van der Waals surface area contributed by atoms with E-state index in [0.717, 1.165) is 0 Å². The Bertz CT molecular complexity index is 201. The minimum absolute atomic E-state index is 0.0259. The van der Waals surface area contributed by atoms with Gasteiger partial charge in [0.1, 0.15) is 5.60 Å². The van der Waals surface area contributed by atoms with Crippen molar-refractivity contribution in [3.05, 3.63) is 12.7 Å². The van der Waals surface area contributed by atoms with Gasteiger partial charge in [-0.05, 0) is 27.7 Å². The minimum Gasteiger partial charge on any atom is -0.458 e. The summed E-state index contributed by atoms with van der Waals surface area (Å²) in [5, 5.41) is 0. The third-order valence-corrected chi connectivity index (χ3v) is 1.35. The van der Waals surface area contributed by atoms with E-state index in [1.165, 1.54) is 13.0 Å². The summed E-state index contributed by atoms with van der Waals surface area (Å²) in [5.74, 6) is -0.833. The van der Waals surface area contributed by atoms with Crippen LogP contribution in [0.15, 0.2) is 12.7 Å². The molecule has 0 rings (SSSR count). The van der Waals surface area contributed by atoms with Crippen LogP contribution in [0.5, 0.6) is 0 Å². The Morgan fingerprint density at radius 3 is 2.23 bits per heavy atom. The fraction of sp³-hybridized carbons (Fsp3) is 0.700.